The predicted octanol–water partition coefficient (Wildman–Crippen LogP) is 2.00. The lowest BCUT2D eigenvalue weighted by Crippen LogP contribution is -2.12. The third-order valence-electron chi connectivity index (χ3n) is 2.21. The monoisotopic (exact) mass is 334 g/mol. The van der Waals surface area contributed by atoms with Crippen LogP contribution >= 0.6 is 22.9 Å². The number of sulfonamides is 1. The van der Waals surface area contributed by atoms with Gasteiger partial charge in [0, 0.05) is 0 Å². The number of rotatable bonds is 4. The lowest BCUT2D eigenvalue weighted by Gasteiger charge is -2.08. The van der Waals surface area contributed by atoms with Crippen molar-refractivity contribution in [1.82, 2.24) is 4.98 Å². The number of hydrogen-bond acceptors (Lipinski definition) is 6. The molecular weight excluding hydrogens is 328 g/mol. The lowest BCUT2D eigenvalue weighted by molar-refractivity contribution is 0.0697. The maximum atomic E-state index is 12.0. The van der Waals surface area contributed by atoms with Gasteiger partial charge in [-0.25, -0.2) is 18.2 Å². The van der Waals surface area contributed by atoms with E-state index in [-0.39, 0.29) is 19.9 Å². The third-order valence-corrected chi connectivity index (χ3v) is 5.15. The van der Waals surface area contributed by atoms with Crippen molar-refractivity contribution in [2.24, 2.45) is 0 Å². The predicted molar refractivity (Wildman–Crippen MR) is 73.0 cm³/mol. The van der Waals surface area contributed by atoms with Gasteiger partial charge in [0.05, 0.1) is 17.4 Å². The minimum atomic E-state index is -3.99. The fraction of sp³-hybridized carbons (Fsp3) is 0. The molecule has 2 aromatic rings. The number of thiazole rings is 1. The number of anilines is 1. The average Bonchev–Trinajstić information content (AvgIpc) is 2.79. The second-order valence-electron chi connectivity index (χ2n) is 3.57. The highest BCUT2D eigenvalue weighted by molar-refractivity contribution is 7.94. The summed E-state index contributed by atoms with van der Waals surface area (Å²) in [7, 11) is -3.99. The van der Waals surface area contributed by atoms with Crippen molar-refractivity contribution in [1.29, 1.82) is 0 Å². The lowest BCUT2D eigenvalue weighted by atomic mass is 10.2. The molecule has 0 atom stereocenters. The molecular formula is C10H7ClN2O5S2. The smallest absolute Gasteiger partial charge is 0.335 e. The molecule has 0 radical (unpaired) electrons. The van der Waals surface area contributed by atoms with Gasteiger partial charge in [-0.3, -0.25) is 4.72 Å². The number of carboxylic acid groups (broad SMARTS) is 1. The zero-order valence-electron chi connectivity index (χ0n) is 9.57. The van der Waals surface area contributed by atoms with Crippen LogP contribution in [0.15, 0.2) is 28.6 Å². The summed E-state index contributed by atoms with van der Waals surface area (Å²) in [5, 5.41) is 18.4. The van der Waals surface area contributed by atoms with Crippen LogP contribution in [0.4, 0.5) is 5.69 Å². The normalized spacial score (nSPS) is 11.2. The van der Waals surface area contributed by atoms with Gasteiger partial charge in [-0.05, 0) is 18.2 Å². The molecule has 20 heavy (non-hydrogen) atoms. The van der Waals surface area contributed by atoms with Crippen LogP contribution in [0.2, 0.25) is 4.47 Å². The van der Waals surface area contributed by atoms with Crippen molar-refractivity contribution < 1.29 is 23.4 Å². The molecule has 106 valence electrons. The molecule has 0 bridgehead atoms. The Hall–Kier alpha value is -1.84. The van der Waals surface area contributed by atoms with Crippen LogP contribution in [0, 0.1) is 0 Å². The Kier molecular flexibility index (Phi) is 3.84. The second kappa shape index (κ2) is 5.27. The molecule has 0 unspecified atom stereocenters. The number of phenolic OH excluding ortho intramolecular Hbond substituents is 1. The van der Waals surface area contributed by atoms with Gasteiger partial charge < -0.3 is 10.2 Å². The van der Waals surface area contributed by atoms with Gasteiger partial charge in [-0.2, -0.15) is 0 Å². The fourth-order valence-corrected chi connectivity index (χ4v) is 3.67. The molecule has 0 aliphatic heterocycles. The van der Waals surface area contributed by atoms with E-state index in [9.17, 15) is 18.3 Å². The molecule has 3 N–H and O–H groups in total. The standard InChI is InChI=1S/C10H7ClN2O5S2/c11-10-12-4-8(19-10)20(17,18)13-6-3-5(9(15)16)1-2-7(6)14/h1-4,13-14H,(H,15,16). The number of nitrogens with zero attached hydrogens (tertiary/aromatic N) is 1. The Balaban J connectivity index is 2.39. The Morgan fingerprint density at radius 1 is 1.40 bits per heavy atom. The van der Waals surface area contributed by atoms with E-state index in [4.69, 9.17) is 16.7 Å². The highest BCUT2D eigenvalue weighted by Gasteiger charge is 2.20. The molecule has 1 aromatic heterocycles. The summed E-state index contributed by atoms with van der Waals surface area (Å²) in [6.07, 6.45) is 1.06. The number of carboxylic acids is 1. The third kappa shape index (κ3) is 3.00. The molecule has 0 amide bonds. The van der Waals surface area contributed by atoms with Crippen LogP contribution in [0.5, 0.6) is 5.75 Å². The van der Waals surface area contributed by atoms with Crippen LogP contribution in [-0.4, -0.2) is 29.6 Å². The Morgan fingerprint density at radius 2 is 2.10 bits per heavy atom. The van der Waals surface area contributed by atoms with E-state index in [1.165, 1.54) is 0 Å². The van der Waals surface area contributed by atoms with Crippen molar-refractivity contribution in [2.75, 3.05) is 4.72 Å². The van der Waals surface area contributed by atoms with Gasteiger partial charge in [0.1, 0.15) is 5.75 Å². The van der Waals surface area contributed by atoms with E-state index in [1.807, 2.05) is 0 Å². The number of hydrogen-bond donors (Lipinski definition) is 3. The summed E-state index contributed by atoms with van der Waals surface area (Å²) in [6.45, 7) is 0. The molecule has 0 aliphatic rings. The number of carbonyl (C=O) groups is 1. The number of aromatic carboxylic acids is 1. The van der Waals surface area contributed by atoms with Gasteiger partial charge in [-0.1, -0.05) is 22.9 Å². The Bertz CT molecular complexity index is 772. The Morgan fingerprint density at radius 3 is 2.65 bits per heavy atom. The zero-order chi connectivity index (χ0) is 14.9. The van der Waals surface area contributed by atoms with Crippen molar-refractivity contribution >= 4 is 44.6 Å². The fourth-order valence-electron chi connectivity index (χ4n) is 1.31. The molecule has 0 fully saturated rings. The molecule has 0 saturated carbocycles. The molecule has 0 saturated heterocycles. The topological polar surface area (TPSA) is 117 Å². The van der Waals surface area contributed by atoms with Crippen molar-refractivity contribution in [3.63, 3.8) is 0 Å². The summed E-state index contributed by atoms with van der Waals surface area (Å²) in [5.74, 6) is -1.64. The highest BCUT2D eigenvalue weighted by Crippen LogP contribution is 2.29. The van der Waals surface area contributed by atoms with E-state index in [0.29, 0.717) is 0 Å². The van der Waals surface area contributed by atoms with Crippen LogP contribution in [-0.2, 0) is 10.0 Å². The van der Waals surface area contributed by atoms with E-state index in [0.717, 1.165) is 35.7 Å². The van der Waals surface area contributed by atoms with Crippen LogP contribution in [0.1, 0.15) is 10.4 Å². The van der Waals surface area contributed by atoms with E-state index in [2.05, 4.69) is 9.71 Å². The molecule has 1 aromatic carbocycles. The first-order chi connectivity index (χ1) is 9.29. The highest BCUT2D eigenvalue weighted by atomic mass is 35.5. The minimum Gasteiger partial charge on any atom is -0.506 e. The van der Waals surface area contributed by atoms with Crippen LogP contribution < -0.4 is 4.72 Å². The summed E-state index contributed by atoms with van der Waals surface area (Å²) in [5.41, 5.74) is -0.405. The van der Waals surface area contributed by atoms with Crippen LogP contribution in [0.25, 0.3) is 0 Å². The number of nitrogens with one attached hydrogen (secondary N) is 1. The van der Waals surface area contributed by atoms with E-state index >= 15 is 0 Å². The minimum absolute atomic E-state index is 0.0499. The first-order valence-corrected chi connectivity index (χ1v) is 7.68. The quantitative estimate of drug-likeness (QED) is 0.736. The van der Waals surface area contributed by atoms with Gasteiger partial charge in [-0.15, -0.1) is 0 Å². The second-order valence-corrected chi connectivity index (χ2v) is 7.10. The Labute approximate surface area is 122 Å². The first kappa shape index (κ1) is 14.6. The summed E-state index contributed by atoms with van der Waals surface area (Å²) in [6, 6.07) is 3.25. The molecule has 10 heteroatoms. The van der Waals surface area contributed by atoms with Crippen molar-refractivity contribution in [3.05, 3.63) is 34.4 Å². The first-order valence-electron chi connectivity index (χ1n) is 5.00. The number of halogens is 1. The molecule has 1 heterocycles. The SMILES string of the molecule is O=C(O)c1ccc(O)c(NS(=O)(=O)c2cnc(Cl)s2)c1. The largest absolute Gasteiger partial charge is 0.506 e. The summed E-state index contributed by atoms with van der Waals surface area (Å²) < 4.78 is 26.0. The van der Waals surface area contributed by atoms with Crippen molar-refractivity contribution in [3.8, 4) is 5.75 Å². The maximum Gasteiger partial charge on any atom is 0.335 e. The molecule has 2 rings (SSSR count). The van der Waals surface area contributed by atoms with E-state index in [1.54, 1.807) is 0 Å². The zero-order valence-corrected chi connectivity index (χ0v) is 12.0. The van der Waals surface area contributed by atoms with Gasteiger partial charge in [0.15, 0.2) is 8.68 Å². The van der Waals surface area contributed by atoms with Gasteiger partial charge >= 0.3 is 5.97 Å². The van der Waals surface area contributed by atoms with E-state index < -0.39 is 21.7 Å². The van der Waals surface area contributed by atoms with Crippen molar-refractivity contribution in [2.45, 2.75) is 4.21 Å². The maximum absolute atomic E-state index is 12.0. The number of phenols is 1. The number of aromatic hydroxyl groups is 1. The number of aromatic nitrogens is 1. The van der Waals surface area contributed by atoms with Gasteiger partial charge in [0.25, 0.3) is 10.0 Å². The average molecular weight is 335 g/mol. The van der Waals surface area contributed by atoms with Gasteiger partial charge in [0.2, 0.25) is 0 Å². The number of benzene rings is 1. The molecule has 7 nitrogen and oxygen atoms in total. The summed E-state index contributed by atoms with van der Waals surface area (Å²) >= 11 is 6.29. The molecule has 0 spiro atoms. The molecule has 0 aliphatic carbocycles. The summed E-state index contributed by atoms with van der Waals surface area (Å²) in [4.78, 5) is 14.4. The van der Waals surface area contributed by atoms with Crippen LogP contribution in [0.3, 0.4) is 0 Å².